The fourth-order valence-corrected chi connectivity index (χ4v) is 3.23. The van der Waals surface area contributed by atoms with Gasteiger partial charge in [-0.3, -0.25) is 25.1 Å². The lowest BCUT2D eigenvalue weighted by Crippen LogP contribution is -2.35. The van der Waals surface area contributed by atoms with E-state index in [0.29, 0.717) is 11.3 Å². The highest BCUT2D eigenvalue weighted by Crippen LogP contribution is 2.33. The van der Waals surface area contributed by atoms with E-state index in [2.05, 4.69) is 5.43 Å². The summed E-state index contributed by atoms with van der Waals surface area (Å²) < 4.78 is 13.1. The molecule has 0 unspecified atom stereocenters. The third-order valence-corrected chi connectivity index (χ3v) is 4.70. The number of rotatable bonds is 4. The number of nitrogens with zero attached hydrogens (tertiary/aromatic N) is 2. The van der Waals surface area contributed by atoms with Crippen molar-refractivity contribution in [2.45, 2.75) is 5.92 Å². The van der Waals surface area contributed by atoms with Gasteiger partial charge in [0.05, 0.1) is 10.6 Å². The quantitative estimate of drug-likeness (QED) is 0.375. The Balaban J connectivity index is 1.59. The largest absolute Gasteiger partial charge is 0.282 e. The number of halogens is 1. The highest BCUT2D eigenvalue weighted by atomic mass is 19.1. The van der Waals surface area contributed by atoms with Gasteiger partial charge in [-0.1, -0.05) is 30.4 Å². The van der Waals surface area contributed by atoms with Gasteiger partial charge in [0.15, 0.2) is 0 Å². The zero-order valence-electron chi connectivity index (χ0n) is 14.9. The van der Waals surface area contributed by atoms with Crippen LogP contribution in [0.3, 0.4) is 0 Å². The SMILES string of the molecule is O=C1NN(c2ccc(F)cc2)C(=O)/C1=C\C1=CC=C[C@@H]1c1ccc([N+](=O)[O-])cc1. The van der Waals surface area contributed by atoms with Crippen LogP contribution in [0.4, 0.5) is 15.8 Å². The molecule has 0 saturated carbocycles. The molecule has 0 bridgehead atoms. The van der Waals surface area contributed by atoms with Crippen LogP contribution in [0.15, 0.2) is 84.0 Å². The molecule has 8 heteroatoms. The number of amides is 2. The fourth-order valence-electron chi connectivity index (χ4n) is 3.23. The molecule has 0 aromatic heterocycles. The number of hydrogen-bond acceptors (Lipinski definition) is 4. The molecular weight excluding hydrogens is 377 g/mol. The van der Waals surface area contributed by atoms with E-state index in [0.717, 1.165) is 10.6 Å². The van der Waals surface area contributed by atoms with E-state index >= 15 is 0 Å². The summed E-state index contributed by atoms with van der Waals surface area (Å²) in [6, 6.07) is 11.3. The van der Waals surface area contributed by atoms with Gasteiger partial charge < -0.3 is 0 Å². The molecule has 2 aliphatic rings. The van der Waals surface area contributed by atoms with Crippen molar-refractivity contribution < 1.29 is 18.9 Å². The second-order valence-electron chi connectivity index (χ2n) is 6.49. The second-order valence-corrected chi connectivity index (χ2v) is 6.49. The van der Waals surface area contributed by atoms with Crippen molar-refractivity contribution in [2.75, 3.05) is 5.01 Å². The van der Waals surface area contributed by atoms with Crippen LogP contribution in [0.2, 0.25) is 0 Å². The van der Waals surface area contributed by atoms with E-state index in [4.69, 9.17) is 0 Å². The van der Waals surface area contributed by atoms with Gasteiger partial charge in [0.1, 0.15) is 11.4 Å². The summed E-state index contributed by atoms with van der Waals surface area (Å²) in [4.78, 5) is 35.4. The Morgan fingerprint density at radius 1 is 1.07 bits per heavy atom. The van der Waals surface area contributed by atoms with E-state index < -0.39 is 22.6 Å². The van der Waals surface area contributed by atoms with Gasteiger partial charge in [0.25, 0.3) is 17.5 Å². The summed E-state index contributed by atoms with van der Waals surface area (Å²) in [5, 5.41) is 11.9. The molecule has 1 heterocycles. The molecule has 7 nitrogen and oxygen atoms in total. The van der Waals surface area contributed by atoms with Gasteiger partial charge in [-0.25, -0.2) is 9.40 Å². The predicted molar refractivity (Wildman–Crippen MR) is 103 cm³/mol. The number of carbonyl (C=O) groups excluding carboxylic acids is 2. The minimum Gasteiger partial charge on any atom is -0.267 e. The number of hydrogen-bond donors (Lipinski definition) is 1. The summed E-state index contributed by atoms with van der Waals surface area (Å²) >= 11 is 0. The molecule has 0 radical (unpaired) electrons. The molecule has 144 valence electrons. The lowest BCUT2D eigenvalue weighted by atomic mass is 9.92. The molecule has 2 aromatic rings. The monoisotopic (exact) mass is 391 g/mol. The topological polar surface area (TPSA) is 92.6 Å². The van der Waals surface area contributed by atoms with Gasteiger partial charge in [-0.05, 0) is 41.5 Å². The van der Waals surface area contributed by atoms with E-state index in [-0.39, 0.29) is 17.2 Å². The number of nitro benzene ring substituents is 1. The second kappa shape index (κ2) is 7.16. The zero-order chi connectivity index (χ0) is 20.5. The average molecular weight is 391 g/mol. The third-order valence-electron chi connectivity index (χ3n) is 4.70. The standard InChI is InChI=1S/C21H14FN3O4/c22-15-6-10-16(11-7-15)24-21(27)19(20(26)23-24)12-14-2-1-3-18(14)13-4-8-17(9-5-13)25(28)29/h1-12,18H,(H,23,26)/b19-12-/t18-/m1/s1. The lowest BCUT2D eigenvalue weighted by Gasteiger charge is -2.14. The van der Waals surface area contributed by atoms with Crippen LogP contribution in [0.1, 0.15) is 11.5 Å². The number of non-ortho nitro benzene ring substituents is 1. The van der Waals surface area contributed by atoms with Crippen LogP contribution in [0.5, 0.6) is 0 Å². The van der Waals surface area contributed by atoms with E-state index in [1.54, 1.807) is 24.3 Å². The van der Waals surface area contributed by atoms with Crippen LogP contribution >= 0.6 is 0 Å². The smallest absolute Gasteiger partial charge is 0.267 e. The van der Waals surface area contributed by atoms with E-state index in [9.17, 15) is 24.1 Å². The first-order valence-electron chi connectivity index (χ1n) is 8.69. The Hall–Kier alpha value is -4.07. The third kappa shape index (κ3) is 3.43. The summed E-state index contributed by atoms with van der Waals surface area (Å²) in [6.45, 7) is 0. The maximum atomic E-state index is 13.1. The molecule has 0 spiro atoms. The highest BCUT2D eigenvalue weighted by molar-refractivity contribution is 6.29. The molecular formula is C21H14FN3O4. The molecule has 1 fully saturated rings. The Bertz CT molecular complexity index is 1100. The van der Waals surface area contributed by atoms with Crippen molar-refractivity contribution in [3.05, 3.63) is 105 Å². The Morgan fingerprint density at radius 2 is 1.76 bits per heavy atom. The van der Waals surface area contributed by atoms with Crippen LogP contribution in [-0.4, -0.2) is 16.7 Å². The zero-order valence-corrected chi connectivity index (χ0v) is 14.9. The summed E-state index contributed by atoms with van der Waals surface area (Å²) in [6.07, 6.45) is 6.96. The fraction of sp³-hybridized carbons (Fsp3) is 0.0476. The first-order chi connectivity index (χ1) is 13.9. The molecule has 1 saturated heterocycles. The number of hydrazine groups is 1. The Kier molecular flexibility index (Phi) is 4.52. The van der Waals surface area contributed by atoms with Crippen molar-refractivity contribution in [1.29, 1.82) is 0 Å². The lowest BCUT2D eigenvalue weighted by molar-refractivity contribution is -0.384. The molecule has 2 aromatic carbocycles. The van der Waals surface area contributed by atoms with Gasteiger partial charge in [-0.2, -0.15) is 0 Å². The molecule has 2 amide bonds. The number of carbonyl (C=O) groups is 2. The average Bonchev–Trinajstić information content (AvgIpc) is 3.29. The van der Waals surface area contributed by atoms with E-state index in [1.807, 2.05) is 6.08 Å². The molecule has 1 aliphatic carbocycles. The Labute approximate surface area is 164 Å². The van der Waals surface area contributed by atoms with Crippen LogP contribution < -0.4 is 10.4 Å². The summed E-state index contributed by atoms with van der Waals surface area (Å²) in [5.74, 6) is -1.79. The van der Waals surface area contributed by atoms with Gasteiger partial charge in [-0.15, -0.1) is 0 Å². The van der Waals surface area contributed by atoms with Crippen LogP contribution in [0, 0.1) is 15.9 Å². The minimum absolute atomic E-state index is 0.0140. The number of benzene rings is 2. The normalized spacial score (nSPS) is 19.6. The molecule has 1 aliphatic heterocycles. The summed E-state index contributed by atoms with van der Waals surface area (Å²) in [5.41, 5.74) is 4.26. The van der Waals surface area contributed by atoms with Gasteiger partial charge >= 0.3 is 0 Å². The van der Waals surface area contributed by atoms with Crippen molar-refractivity contribution in [1.82, 2.24) is 5.43 Å². The first-order valence-corrected chi connectivity index (χ1v) is 8.69. The first kappa shape index (κ1) is 18.3. The van der Waals surface area contributed by atoms with Gasteiger partial charge in [0, 0.05) is 18.1 Å². The number of nitro groups is 1. The number of allylic oxidation sites excluding steroid dienone is 5. The van der Waals surface area contributed by atoms with Gasteiger partial charge in [0.2, 0.25) is 0 Å². The molecule has 1 atom stereocenters. The Morgan fingerprint density at radius 3 is 2.41 bits per heavy atom. The predicted octanol–water partition coefficient (Wildman–Crippen LogP) is 3.32. The van der Waals surface area contributed by atoms with Crippen LogP contribution in [0.25, 0.3) is 0 Å². The van der Waals surface area contributed by atoms with Crippen molar-refractivity contribution in [3.8, 4) is 0 Å². The van der Waals surface area contributed by atoms with E-state index in [1.165, 1.54) is 42.5 Å². The maximum Gasteiger partial charge on any atom is 0.282 e. The van der Waals surface area contributed by atoms with Crippen molar-refractivity contribution >= 4 is 23.2 Å². The highest BCUT2D eigenvalue weighted by Gasteiger charge is 2.35. The van der Waals surface area contributed by atoms with Crippen molar-refractivity contribution in [2.24, 2.45) is 0 Å². The number of nitrogens with one attached hydrogen (secondary N) is 1. The van der Waals surface area contributed by atoms with Crippen LogP contribution in [-0.2, 0) is 9.59 Å². The summed E-state index contributed by atoms with van der Waals surface area (Å²) in [7, 11) is 0. The maximum absolute atomic E-state index is 13.1. The van der Waals surface area contributed by atoms with Crippen molar-refractivity contribution in [3.63, 3.8) is 0 Å². The minimum atomic E-state index is -0.561. The molecule has 4 rings (SSSR count). The number of anilines is 1. The molecule has 1 N–H and O–H groups in total. The molecule has 29 heavy (non-hydrogen) atoms.